The molecular formula is C29H40O3. The molecule has 0 radical (unpaired) electrons. The average Bonchev–Trinajstić information content (AvgIpc) is 3.20. The minimum atomic E-state index is -0.0967. The summed E-state index contributed by atoms with van der Waals surface area (Å²) in [4.78, 5) is 12.3. The van der Waals surface area contributed by atoms with E-state index >= 15 is 0 Å². The lowest BCUT2D eigenvalue weighted by Crippen LogP contribution is -2.06. The van der Waals surface area contributed by atoms with Crippen LogP contribution < -0.4 is 4.74 Å². The van der Waals surface area contributed by atoms with Crippen LogP contribution >= 0.6 is 0 Å². The van der Waals surface area contributed by atoms with Crippen LogP contribution in [-0.4, -0.2) is 12.6 Å². The zero-order valence-corrected chi connectivity index (χ0v) is 20.0. The van der Waals surface area contributed by atoms with Crippen LogP contribution in [0.3, 0.4) is 0 Å². The summed E-state index contributed by atoms with van der Waals surface area (Å²) in [6.45, 7) is 5.22. The van der Waals surface area contributed by atoms with Crippen molar-refractivity contribution in [3.05, 3.63) is 54.1 Å². The molecule has 0 aromatic heterocycles. The van der Waals surface area contributed by atoms with E-state index in [1.807, 2.05) is 12.1 Å². The van der Waals surface area contributed by atoms with Crippen molar-refractivity contribution in [1.29, 1.82) is 0 Å². The molecule has 2 aromatic rings. The van der Waals surface area contributed by atoms with Gasteiger partial charge >= 0.3 is 5.97 Å². The summed E-state index contributed by atoms with van der Waals surface area (Å²) in [6.07, 6.45) is 12.8. The van der Waals surface area contributed by atoms with Crippen LogP contribution in [0.1, 0.15) is 96.1 Å². The summed E-state index contributed by atoms with van der Waals surface area (Å²) in [5, 5.41) is 0. The van der Waals surface area contributed by atoms with Gasteiger partial charge in [0.15, 0.2) is 0 Å². The Bertz CT molecular complexity index is 794. The Kier molecular flexibility index (Phi) is 10.1. The topological polar surface area (TPSA) is 35.5 Å². The van der Waals surface area contributed by atoms with E-state index in [-0.39, 0.29) is 18.0 Å². The molecule has 0 spiro atoms. The normalized spacial score (nSPS) is 18.0. The Morgan fingerprint density at radius 3 is 2.06 bits per heavy atom. The highest BCUT2D eigenvalue weighted by atomic mass is 16.6. The lowest BCUT2D eigenvalue weighted by atomic mass is 9.94. The van der Waals surface area contributed by atoms with Crippen LogP contribution in [-0.2, 0) is 9.53 Å². The Labute approximate surface area is 194 Å². The summed E-state index contributed by atoms with van der Waals surface area (Å²) in [7, 11) is 0. The van der Waals surface area contributed by atoms with Crippen molar-refractivity contribution in [2.45, 2.75) is 90.6 Å². The fraction of sp³-hybridized carbons (Fsp3) is 0.552. The minimum absolute atomic E-state index is 0.0119. The third-order valence-electron chi connectivity index (χ3n) is 6.48. The van der Waals surface area contributed by atoms with Crippen LogP contribution in [0.15, 0.2) is 48.5 Å². The van der Waals surface area contributed by atoms with Crippen LogP contribution in [0, 0.1) is 5.92 Å². The summed E-state index contributed by atoms with van der Waals surface area (Å²) >= 11 is 0. The number of carbonyl (C=O) groups excluding carboxylic acids is 1. The molecule has 1 heterocycles. The van der Waals surface area contributed by atoms with Gasteiger partial charge in [-0.3, -0.25) is 4.79 Å². The monoisotopic (exact) mass is 436 g/mol. The SMILES string of the molecule is CCCCCCCCC1CC(c2ccc(-c3ccc(OCCCCC)cc3)cc2)OC1=O. The molecule has 2 aromatic carbocycles. The molecule has 0 aliphatic carbocycles. The first-order chi connectivity index (χ1) is 15.7. The number of hydrogen-bond acceptors (Lipinski definition) is 3. The molecule has 32 heavy (non-hydrogen) atoms. The molecule has 174 valence electrons. The maximum atomic E-state index is 12.3. The van der Waals surface area contributed by atoms with Crippen LogP contribution in [0.2, 0.25) is 0 Å². The van der Waals surface area contributed by atoms with E-state index in [2.05, 4.69) is 50.2 Å². The second-order valence-corrected chi connectivity index (χ2v) is 9.12. The largest absolute Gasteiger partial charge is 0.494 e. The van der Waals surface area contributed by atoms with Crippen molar-refractivity contribution < 1.29 is 14.3 Å². The minimum Gasteiger partial charge on any atom is -0.494 e. The van der Waals surface area contributed by atoms with Crippen molar-refractivity contribution in [2.24, 2.45) is 5.92 Å². The maximum Gasteiger partial charge on any atom is 0.309 e. The van der Waals surface area contributed by atoms with E-state index in [4.69, 9.17) is 9.47 Å². The molecule has 1 saturated heterocycles. The third kappa shape index (κ3) is 7.39. The van der Waals surface area contributed by atoms with Crippen molar-refractivity contribution in [2.75, 3.05) is 6.61 Å². The van der Waals surface area contributed by atoms with E-state index < -0.39 is 0 Å². The van der Waals surface area contributed by atoms with E-state index in [0.717, 1.165) is 43.6 Å². The van der Waals surface area contributed by atoms with Gasteiger partial charge in [0.05, 0.1) is 12.5 Å². The Morgan fingerprint density at radius 2 is 1.38 bits per heavy atom. The first kappa shape index (κ1) is 24.4. The highest BCUT2D eigenvalue weighted by Crippen LogP contribution is 2.36. The summed E-state index contributed by atoms with van der Waals surface area (Å²) < 4.78 is 11.5. The van der Waals surface area contributed by atoms with Gasteiger partial charge in [-0.2, -0.15) is 0 Å². The van der Waals surface area contributed by atoms with Gasteiger partial charge in [0.1, 0.15) is 11.9 Å². The number of cyclic esters (lactones) is 1. The molecule has 3 nitrogen and oxygen atoms in total. The molecule has 1 aliphatic rings. The van der Waals surface area contributed by atoms with Gasteiger partial charge in [-0.15, -0.1) is 0 Å². The van der Waals surface area contributed by atoms with E-state index in [1.54, 1.807) is 0 Å². The molecule has 0 amide bonds. The molecule has 1 fully saturated rings. The third-order valence-corrected chi connectivity index (χ3v) is 6.48. The van der Waals surface area contributed by atoms with Gasteiger partial charge in [0, 0.05) is 6.42 Å². The second kappa shape index (κ2) is 13.3. The van der Waals surface area contributed by atoms with Gasteiger partial charge in [-0.05, 0) is 41.7 Å². The van der Waals surface area contributed by atoms with Gasteiger partial charge in [0.25, 0.3) is 0 Å². The van der Waals surface area contributed by atoms with Crippen molar-refractivity contribution in [3.63, 3.8) is 0 Å². The van der Waals surface area contributed by atoms with Gasteiger partial charge < -0.3 is 9.47 Å². The molecule has 0 bridgehead atoms. The number of rotatable bonds is 14. The van der Waals surface area contributed by atoms with Crippen LogP contribution in [0.4, 0.5) is 0 Å². The van der Waals surface area contributed by atoms with E-state index in [1.165, 1.54) is 56.1 Å². The number of carbonyl (C=O) groups is 1. The summed E-state index contributed by atoms with van der Waals surface area (Å²) in [5.74, 6) is 0.980. The fourth-order valence-electron chi connectivity index (χ4n) is 4.43. The van der Waals surface area contributed by atoms with Crippen molar-refractivity contribution in [1.82, 2.24) is 0 Å². The smallest absolute Gasteiger partial charge is 0.309 e. The maximum absolute atomic E-state index is 12.3. The van der Waals surface area contributed by atoms with Crippen molar-refractivity contribution >= 4 is 5.97 Å². The standard InChI is InChI=1S/C29H40O3/c1-3-5-7-8-9-10-12-26-22-28(32-29(26)30)25-15-13-23(14-16-25)24-17-19-27(20-18-24)31-21-11-6-4-2/h13-20,26,28H,3-12,21-22H2,1-2H3. The summed E-state index contributed by atoms with van der Waals surface area (Å²) in [5.41, 5.74) is 3.43. The predicted molar refractivity (Wildman–Crippen MR) is 132 cm³/mol. The first-order valence-electron chi connectivity index (χ1n) is 12.7. The molecule has 3 rings (SSSR count). The second-order valence-electron chi connectivity index (χ2n) is 9.12. The Morgan fingerprint density at radius 1 is 0.781 bits per heavy atom. The highest BCUT2D eigenvalue weighted by Gasteiger charge is 2.34. The molecular weight excluding hydrogens is 396 g/mol. The molecule has 0 N–H and O–H groups in total. The van der Waals surface area contributed by atoms with Crippen LogP contribution in [0.25, 0.3) is 11.1 Å². The molecule has 3 heteroatoms. The lowest BCUT2D eigenvalue weighted by molar-refractivity contribution is -0.144. The molecule has 0 saturated carbocycles. The quantitative estimate of drug-likeness (QED) is 0.221. The van der Waals surface area contributed by atoms with Crippen molar-refractivity contribution in [3.8, 4) is 16.9 Å². The van der Waals surface area contributed by atoms with Gasteiger partial charge in [-0.25, -0.2) is 0 Å². The van der Waals surface area contributed by atoms with Gasteiger partial charge in [-0.1, -0.05) is 102 Å². The number of ether oxygens (including phenoxy) is 2. The van der Waals surface area contributed by atoms with Crippen LogP contribution in [0.5, 0.6) is 5.75 Å². The zero-order chi connectivity index (χ0) is 22.6. The number of hydrogen-bond donors (Lipinski definition) is 0. The van der Waals surface area contributed by atoms with Gasteiger partial charge in [0.2, 0.25) is 0 Å². The molecule has 1 aliphatic heterocycles. The first-order valence-corrected chi connectivity index (χ1v) is 12.7. The highest BCUT2D eigenvalue weighted by molar-refractivity contribution is 5.75. The number of unbranched alkanes of at least 4 members (excludes halogenated alkanes) is 7. The number of benzene rings is 2. The predicted octanol–water partition coefficient (Wildman–Crippen LogP) is 8.28. The fourth-order valence-corrected chi connectivity index (χ4v) is 4.43. The average molecular weight is 437 g/mol. The lowest BCUT2D eigenvalue weighted by Gasteiger charge is -2.11. The molecule has 2 unspecified atom stereocenters. The van der Waals surface area contributed by atoms with E-state index in [0.29, 0.717) is 0 Å². The molecule has 2 atom stereocenters. The zero-order valence-electron chi connectivity index (χ0n) is 20.0. The van der Waals surface area contributed by atoms with E-state index in [9.17, 15) is 4.79 Å². The number of esters is 1. The Balaban J connectivity index is 1.47. The summed E-state index contributed by atoms with van der Waals surface area (Å²) in [6, 6.07) is 16.8. The Hall–Kier alpha value is -2.29.